The fourth-order valence-electron chi connectivity index (χ4n) is 3.04. The summed E-state index contributed by atoms with van der Waals surface area (Å²) in [5.74, 6) is 0.344. The molecular formula is C19H19N3O7. The minimum atomic E-state index is -0.874. The summed E-state index contributed by atoms with van der Waals surface area (Å²) in [6.45, 7) is 3.44. The highest BCUT2D eigenvalue weighted by molar-refractivity contribution is 5.94. The highest BCUT2D eigenvalue weighted by atomic mass is 16.6. The molecule has 0 bridgehead atoms. The number of non-ortho nitro benzene ring substituents is 1. The SMILES string of the molecule is CCOC(=O)C1=C(C)NC(=O)NC1c1ccc(-c2cc([N+](=O)[O-])ccc2OC)o1. The van der Waals surface area contributed by atoms with Gasteiger partial charge in [-0.05, 0) is 32.0 Å². The molecule has 10 heteroatoms. The number of furan rings is 1. The number of urea groups is 1. The van der Waals surface area contributed by atoms with Crippen molar-refractivity contribution < 1.29 is 28.4 Å². The third-order valence-electron chi connectivity index (χ3n) is 4.34. The standard InChI is InChI=1S/C19H19N3O7/c1-4-28-18(23)16-10(2)20-19(24)21-17(16)15-8-7-14(29-15)12-9-11(22(25)26)5-6-13(12)27-3/h5-9,17H,4H2,1-3H3,(H2,20,21,24). The number of benzene rings is 1. The molecule has 2 aromatic rings. The van der Waals surface area contributed by atoms with Crippen LogP contribution in [0.25, 0.3) is 11.3 Å². The lowest BCUT2D eigenvalue weighted by Crippen LogP contribution is -2.45. The second kappa shape index (κ2) is 8.05. The number of amides is 2. The van der Waals surface area contributed by atoms with E-state index >= 15 is 0 Å². The highest BCUT2D eigenvalue weighted by Crippen LogP contribution is 2.37. The van der Waals surface area contributed by atoms with Crippen LogP contribution in [0.1, 0.15) is 25.6 Å². The molecule has 2 N–H and O–H groups in total. The largest absolute Gasteiger partial charge is 0.496 e. The van der Waals surface area contributed by atoms with Crippen LogP contribution >= 0.6 is 0 Å². The van der Waals surface area contributed by atoms with Gasteiger partial charge in [0, 0.05) is 17.8 Å². The van der Waals surface area contributed by atoms with Crippen LogP contribution < -0.4 is 15.4 Å². The lowest BCUT2D eigenvalue weighted by atomic mass is 10.0. The summed E-state index contributed by atoms with van der Waals surface area (Å²) in [6, 6.07) is 5.92. The molecular weight excluding hydrogens is 382 g/mol. The smallest absolute Gasteiger partial charge is 0.338 e. The topological polar surface area (TPSA) is 133 Å². The summed E-state index contributed by atoms with van der Waals surface area (Å²) in [5.41, 5.74) is 0.796. The molecule has 0 radical (unpaired) electrons. The van der Waals surface area contributed by atoms with Crippen molar-refractivity contribution in [2.24, 2.45) is 0 Å². The molecule has 1 atom stereocenters. The second-order valence-electron chi connectivity index (χ2n) is 6.13. The fraction of sp³-hybridized carbons (Fsp3) is 0.263. The van der Waals surface area contributed by atoms with Crippen LogP contribution in [0.3, 0.4) is 0 Å². The van der Waals surface area contributed by atoms with Crippen molar-refractivity contribution in [2.45, 2.75) is 19.9 Å². The Bertz CT molecular complexity index is 1010. The Hall–Kier alpha value is -3.82. The summed E-state index contributed by atoms with van der Waals surface area (Å²) >= 11 is 0. The van der Waals surface area contributed by atoms with E-state index in [2.05, 4.69) is 10.6 Å². The maximum atomic E-state index is 12.4. The van der Waals surface area contributed by atoms with E-state index in [1.165, 1.54) is 25.3 Å². The number of rotatable bonds is 6. The van der Waals surface area contributed by atoms with E-state index in [1.807, 2.05) is 0 Å². The van der Waals surface area contributed by atoms with Crippen molar-refractivity contribution in [3.8, 4) is 17.1 Å². The number of hydrogen-bond donors (Lipinski definition) is 2. The first-order chi connectivity index (χ1) is 13.8. The predicted molar refractivity (Wildman–Crippen MR) is 101 cm³/mol. The van der Waals surface area contributed by atoms with Gasteiger partial charge in [-0.3, -0.25) is 10.1 Å². The minimum absolute atomic E-state index is 0.128. The van der Waals surface area contributed by atoms with E-state index in [0.29, 0.717) is 17.0 Å². The molecule has 0 spiro atoms. The van der Waals surface area contributed by atoms with Gasteiger partial charge in [-0.1, -0.05) is 0 Å². The van der Waals surface area contributed by atoms with Gasteiger partial charge in [0.15, 0.2) is 0 Å². The van der Waals surface area contributed by atoms with E-state index in [-0.39, 0.29) is 29.4 Å². The number of allylic oxidation sites excluding steroid dienone is 1. The molecule has 1 aliphatic heterocycles. The van der Waals surface area contributed by atoms with E-state index in [4.69, 9.17) is 13.9 Å². The Morgan fingerprint density at radius 2 is 2.07 bits per heavy atom. The van der Waals surface area contributed by atoms with Crippen LogP contribution in [0.5, 0.6) is 5.75 Å². The number of nitro benzene ring substituents is 1. The number of carbonyl (C=O) groups is 2. The third-order valence-corrected chi connectivity index (χ3v) is 4.34. The van der Waals surface area contributed by atoms with Crippen molar-refractivity contribution >= 4 is 17.7 Å². The van der Waals surface area contributed by atoms with E-state index < -0.39 is 23.0 Å². The molecule has 1 aromatic heterocycles. The van der Waals surface area contributed by atoms with E-state index in [9.17, 15) is 19.7 Å². The van der Waals surface area contributed by atoms with Gasteiger partial charge in [-0.25, -0.2) is 9.59 Å². The Balaban J connectivity index is 2.04. The zero-order valence-corrected chi connectivity index (χ0v) is 16.0. The van der Waals surface area contributed by atoms with Gasteiger partial charge in [0.2, 0.25) is 0 Å². The Morgan fingerprint density at radius 1 is 1.31 bits per heavy atom. The second-order valence-corrected chi connectivity index (χ2v) is 6.13. The third kappa shape index (κ3) is 3.91. The highest BCUT2D eigenvalue weighted by Gasteiger charge is 2.34. The van der Waals surface area contributed by atoms with Crippen LogP contribution in [0.2, 0.25) is 0 Å². The number of nitrogens with one attached hydrogen (secondary N) is 2. The molecule has 10 nitrogen and oxygen atoms in total. The minimum Gasteiger partial charge on any atom is -0.496 e. The number of ether oxygens (including phenoxy) is 2. The number of nitrogens with zero attached hydrogens (tertiary/aromatic N) is 1. The molecule has 2 heterocycles. The molecule has 1 unspecified atom stereocenters. The normalized spacial score (nSPS) is 16.1. The van der Waals surface area contributed by atoms with Gasteiger partial charge in [0.1, 0.15) is 23.3 Å². The molecule has 0 saturated heterocycles. The number of hydrogen-bond acceptors (Lipinski definition) is 7. The molecule has 152 valence electrons. The van der Waals surface area contributed by atoms with Gasteiger partial charge >= 0.3 is 12.0 Å². The van der Waals surface area contributed by atoms with Crippen LogP contribution in [-0.2, 0) is 9.53 Å². The van der Waals surface area contributed by atoms with Gasteiger partial charge in [-0.2, -0.15) is 0 Å². The van der Waals surface area contributed by atoms with Gasteiger partial charge in [-0.15, -0.1) is 0 Å². The summed E-state index contributed by atoms with van der Waals surface area (Å²) in [6.07, 6.45) is 0. The lowest BCUT2D eigenvalue weighted by Gasteiger charge is -2.26. The Kier molecular flexibility index (Phi) is 5.53. The number of methoxy groups -OCH3 is 1. The zero-order valence-electron chi connectivity index (χ0n) is 16.0. The van der Waals surface area contributed by atoms with Crippen molar-refractivity contribution in [3.63, 3.8) is 0 Å². The summed E-state index contributed by atoms with van der Waals surface area (Å²) in [5, 5.41) is 16.3. The molecule has 29 heavy (non-hydrogen) atoms. The molecule has 0 saturated carbocycles. The molecule has 0 fully saturated rings. The van der Waals surface area contributed by atoms with Gasteiger partial charge < -0.3 is 24.5 Å². The van der Waals surface area contributed by atoms with Crippen molar-refractivity contribution in [2.75, 3.05) is 13.7 Å². The van der Waals surface area contributed by atoms with E-state index in [1.54, 1.807) is 26.0 Å². The zero-order chi connectivity index (χ0) is 21.1. The first-order valence-corrected chi connectivity index (χ1v) is 8.73. The number of nitro groups is 1. The van der Waals surface area contributed by atoms with Crippen molar-refractivity contribution in [1.82, 2.24) is 10.6 Å². The van der Waals surface area contributed by atoms with Crippen LogP contribution in [0.4, 0.5) is 10.5 Å². The van der Waals surface area contributed by atoms with E-state index in [0.717, 1.165) is 0 Å². The summed E-state index contributed by atoms with van der Waals surface area (Å²) < 4.78 is 16.2. The first kappa shape index (κ1) is 19.9. The molecule has 0 aliphatic carbocycles. The number of esters is 1. The van der Waals surface area contributed by atoms with Gasteiger partial charge in [0.05, 0.1) is 29.8 Å². The van der Waals surface area contributed by atoms with Crippen LogP contribution in [0.15, 0.2) is 46.0 Å². The average Bonchev–Trinajstić information content (AvgIpc) is 3.16. The quantitative estimate of drug-likeness (QED) is 0.432. The fourth-order valence-corrected chi connectivity index (χ4v) is 3.04. The summed E-state index contributed by atoms with van der Waals surface area (Å²) in [4.78, 5) is 34.9. The molecule has 1 aromatic carbocycles. The monoisotopic (exact) mass is 401 g/mol. The van der Waals surface area contributed by atoms with Gasteiger partial charge in [0.25, 0.3) is 5.69 Å². The maximum Gasteiger partial charge on any atom is 0.338 e. The van der Waals surface area contributed by atoms with Crippen LogP contribution in [-0.4, -0.2) is 30.6 Å². The average molecular weight is 401 g/mol. The first-order valence-electron chi connectivity index (χ1n) is 8.73. The molecule has 2 amide bonds. The maximum absolute atomic E-state index is 12.4. The predicted octanol–water partition coefficient (Wildman–Crippen LogP) is 3.05. The van der Waals surface area contributed by atoms with Crippen LogP contribution in [0, 0.1) is 10.1 Å². The number of carbonyl (C=O) groups excluding carboxylic acids is 2. The summed E-state index contributed by atoms with van der Waals surface area (Å²) in [7, 11) is 1.44. The Morgan fingerprint density at radius 3 is 2.72 bits per heavy atom. The van der Waals surface area contributed by atoms with Crippen molar-refractivity contribution in [3.05, 3.63) is 57.5 Å². The van der Waals surface area contributed by atoms with Crippen molar-refractivity contribution in [1.29, 1.82) is 0 Å². The lowest BCUT2D eigenvalue weighted by molar-refractivity contribution is -0.384. The Labute approximate surface area is 165 Å². The molecule has 1 aliphatic rings. The molecule has 3 rings (SSSR count).